The SMILES string of the molecule is N[C@@H](CCc1ccccc1)C(=O)CCC(=O)O. The van der Waals surface area contributed by atoms with Crippen LogP contribution in [0.4, 0.5) is 0 Å². The van der Waals surface area contributed by atoms with Gasteiger partial charge in [-0.15, -0.1) is 0 Å². The molecule has 0 fully saturated rings. The van der Waals surface area contributed by atoms with Crippen molar-refractivity contribution in [2.75, 3.05) is 0 Å². The zero-order chi connectivity index (χ0) is 12.7. The summed E-state index contributed by atoms with van der Waals surface area (Å²) in [6.45, 7) is 0. The van der Waals surface area contributed by atoms with Gasteiger partial charge in [0.05, 0.1) is 12.5 Å². The first-order chi connectivity index (χ1) is 8.09. The molecule has 17 heavy (non-hydrogen) atoms. The van der Waals surface area contributed by atoms with Crippen molar-refractivity contribution in [2.24, 2.45) is 5.73 Å². The minimum Gasteiger partial charge on any atom is -0.481 e. The van der Waals surface area contributed by atoms with Gasteiger partial charge in [-0.2, -0.15) is 0 Å². The number of carboxylic acids is 1. The van der Waals surface area contributed by atoms with Crippen molar-refractivity contribution in [1.82, 2.24) is 0 Å². The molecule has 0 aliphatic heterocycles. The Labute approximate surface area is 100 Å². The second-order valence-corrected chi connectivity index (χ2v) is 3.99. The number of carboxylic acid groups (broad SMARTS) is 1. The van der Waals surface area contributed by atoms with Crippen LogP contribution >= 0.6 is 0 Å². The molecule has 0 heterocycles. The van der Waals surface area contributed by atoms with Crippen LogP contribution < -0.4 is 5.73 Å². The molecule has 3 N–H and O–H groups in total. The minimum atomic E-state index is -0.964. The molecule has 4 nitrogen and oxygen atoms in total. The predicted molar refractivity (Wildman–Crippen MR) is 64.6 cm³/mol. The first-order valence-corrected chi connectivity index (χ1v) is 5.63. The van der Waals surface area contributed by atoms with Gasteiger partial charge in [-0.3, -0.25) is 9.59 Å². The van der Waals surface area contributed by atoms with Crippen molar-refractivity contribution in [2.45, 2.75) is 31.7 Å². The molecular formula is C13H17NO3. The summed E-state index contributed by atoms with van der Waals surface area (Å²) in [6.07, 6.45) is 1.17. The first kappa shape index (κ1) is 13.4. The Bertz CT molecular complexity index is 376. The predicted octanol–water partition coefficient (Wildman–Crippen LogP) is 1.38. The number of ketones is 1. The third kappa shape index (κ3) is 5.26. The highest BCUT2D eigenvalue weighted by Gasteiger charge is 2.14. The van der Waals surface area contributed by atoms with E-state index in [2.05, 4.69) is 0 Å². The maximum Gasteiger partial charge on any atom is 0.303 e. The molecule has 0 aliphatic carbocycles. The summed E-state index contributed by atoms with van der Waals surface area (Å²) >= 11 is 0. The van der Waals surface area contributed by atoms with Crippen LogP contribution in [-0.4, -0.2) is 22.9 Å². The summed E-state index contributed by atoms with van der Waals surface area (Å²) in [4.78, 5) is 21.8. The van der Waals surface area contributed by atoms with E-state index in [1.165, 1.54) is 0 Å². The lowest BCUT2D eigenvalue weighted by Gasteiger charge is -2.09. The van der Waals surface area contributed by atoms with Crippen LogP contribution in [0.25, 0.3) is 0 Å². The molecule has 1 aromatic carbocycles. The Kier molecular flexibility index (Phi) is 5.36. The van der Waals surface area contributed by atoms with Gasteiger partial charge in [0.1, 0.15) is 5.78 Å². The zero-order valence-electron chi connectivity index (χ0n) is 9.63. The maximum absolute atomic E-state index is 11.5. The number of carbonyl (C=O) groups is 2. The van der Waals surface area contributed by atoms with Crippen molar-refractivity contribution < 1.29 is 14.7 Å². The molecule has 0 amide bonds. The third-order valence-electron chi connectivity index (χ3n) is 2.59. The molecule has 0 aliphatic rings. The minimum absolute atomic E-state index is 0.0191. The van der Waals surface area contributed by atoms with E-state index < -0.39 is 12.0 Å². The molecule has 4 heteroatoms. The van der Waals surface area contributed by atoms with Crippen LogP contribution in [0.5, 0.6) is 0 Å². The highest BCUT2D eigenvalue weighted by atomic mass is 16.4. The number of rotatable bonds is 7. The van der Waals surface area contributed by atoms with Gasteiger partial charge in [-0.25, -0.2) is 0 Å². The molecule has 1 atom stereocenters. The van der Waals surface area contributed by atoms with Gasteiger partial charge < -0.3 is 10.8 Å². The number of aliphatic carboxylic acids is 1. The van der Waals surface area contributed by atoms with Crippen LogP contribution in [0.1, 0.15) is 24.8 Å². The summed E-state index contributed by atoms with van der Waals surface area (Å²) in [5.74, 6) is -1.14. The molecule has 1 aromatic rings. The number of aryl methyl sites for hydroxylation is 1. The zero-order valence-corrected chi connectivity index (χ0v) is 9.63. The summed E-state index contributed by atoms with van der Waals surface area (Å²) in [5, 5.41) is 8.46. The van der Waals surface area contributed by atoms with Gasteiger partial charge in [0.25, 0.3) is 0 Å². The maximum atomic E-state index is 11.5. The van der Waals surface area contributed by atoms with E-state index in [0.29, 0.717) is 6.42 Å². The van der Waals surface area contributed by atoms with Crippen LogP contribution in [-0.2, 0) is 16.0 Å². The molecule has 0 spiro atoms. The highest BCUT2D eigenvalue weighted by molar-refractivity contribution is 5.86. The Morgan fingerprint density at radius 1 is 1.18 bits per heavy atom. The lowest BCUT2D eigenvalue weighted by molar-refractivity contribution is -0.138. The third-order valence-corrected chi connectivity index (χ3v) is 2.59. The number of Topliss-reactive ketones (excluding diaryl/α,β-unsaturated/α-hetero) is 1. The van der Waals surface area contributed by atoms with Crippen LogP contribution in [0.3, 0.4) is 0 Å². The standard InChI is InChI=1S/C13H17NO3/c14-11(12(15)8-9-13(16)17)7-6-10-4-2-1-3-5-10/h1-5,11H,6-9,14H2,(H,16,17)/t11-/m0/s1. The smallest absolute Gasteiger partial charge is 0.303 e. The second-order valence-electron chi connectivity index (χ2n) is 3.99. The Morgan fingerprint density at radius 2 is 1.82 bits per heavy atom. The normalized spacial score (nSPS) is 12.1. The molecule has 0 bridgehead atoms. The van der Waals surface area contributed by atoms with Crippen LogP contribution in [0.15, 0.2) is 30.3 Å². The average Bonchev–Trinajstić information content (AvgIpc) is 2.34. The molecule has 0 aromatic heterocycles. The molecule has 0 unspecified atom stereocenters. The molecule has 0 saturated carbocycles. The van der Waals surface area contributed by atoms with Crippen molar-refractivity contribution in [3.05, 3.63) is 35.9 Å². The van der Waals surface area contributed by atoms with Gasteiger partial charge >= 0.3 is 5.97 Å². The number of carbonyl (C=O) groups excluding carboxylic acids is 1. The summed E-state index contributed by atoms with van der Waals surface area (Å²) in [7, 11) is 0. The Hall–Kier alpha value is -1.68. The monoisotopic (exact) mass is 235 g/mol. The number of hydrogen-bond acceptors (Lipinski definition) is 3. The number of hydrogen-bond donors (Lipinski definition) is 2. The highest BCUT2D eigenvalue weighted by Crippen LogP contribution is 2.06. The van der Waals surface area contributed by atoms with Gasteiger partial charge in [-0.1, -0.05) is 30.3 Å². The van der Waals surface area contributed by atoms with Crippen molar-refractivity contribution >= 4 is 11.8 Å². The molecule has 0 radical (unpaired) electrons. The molecule has 92 valence electrons. The fourth-order valence-electron chi connectivity index (χ4n) is 1.54. The largest absolute Gasteiger partial charge is 0.481 e. The molecule has 1 rings (SSSR count). The fourth-order valence-corrected chi connectivity index (χ4v) is 1.54. The van der Waals surface area contributed by atoms with E-state index >= 15 is 0 Å². The summed E-state index contributed by atoms with van der Waals surface area (Å²) in [6, 6.07) is 9.21. The Balaban J connectivity index is 2.31. The number of nitrogens with two attached hydrogens (primary N) is 1. The quantitative estimate of drug-likeness (QED) is 0.748. The molecule has 0 saturated heterocycles. The first-order valence-electron chi connectivity index (χ1n) is 5.63. The summed E-state index contributed by atoms with van der Waals surface area (Å²) < 4.78 is 0. The van der Waals surface area contributed by atoms with Crippen molar-refractivity contribution in [1.29, 1.82) is 0 Å². The lowest BCUT2D eigenvalue weighted by Crippen LogP contribution is -2.31. The lowest BCUT2D eigenvalue weighted by atomic mass is 10.0. The van der Waals surface area contributed by atoms with Gasteiger partial charge in [0.15, 0.2) is 0 Å². The van der Waals surface area contributed by atoms with Gasteiger partial charge in [-0.05, 0) is 18.4 Å². The van der Waals surface area contributed by atoms with E-state index in [1.807, 2.05) is 30.3 Å². The van der Waals surface area contributed by atoms with E-state index in [1.54, 1.807) is 0 Å². The number of benzene rings is 1. The summed E-state index contributed by atoms with van der Waals surface area (Å²) in [5.41, 5.74) is 6.84. The van der Waals surface area contributed by atoms with Crippen LogP contribution in [0.2, 0.25) is 0 Å². The van der Waals surface area contributed by atoms with E-state index in [4.69, 9.17) is 10.8 Å². The fraction of sp³-hybridized carbons (Fsp3) is 0.385. The van der Waals surface area contributed by atoms with E-state index in [-0.39, 0.29) is 18.6 Å². The Morgan fingerprint density at radius 3 is 2.41 bits per heavy atom. The van der Waals surface area contributed by atoms with Crippen LogP contribution in [0, 0.1) is 0 Å². The molecular weight excluding hydrogens is 218 g/mol. The second kappa shape index (κ2) is 6.81. The van der Waals surface area contributed by atoms with Crippen molar-refractivity contribution in [3.63, 3.8) is 0 Å². The van der Waals surface area contributed by atoms with Gasteiger partial charge in [0.2, 0.25) is 0 Å². The van der Waals surface area contributed by atoms with Crippen molar-refractivity contribution in [3.8, 4) is 0 Å². The topological polar surface area (TPSA) is 80.4 Å². The van der Waals surface area contributed by atoms with E-state index in [9.17, 15) is 9.59 Å². The van der Waals surface area contributed by atoms with E-state index in [0.717, 1.165) is 12.0 Å². The average molecular weight is 235 g/mol. The van der Waals surface area contributed by atoms with Gasteiger partial charge in [0, 0.05) is 6.42 Å².